The van der Waals surface area contributed by atoms with E-state index in [0.717, 1.165) is 18.5 Å². The van der Waals surface area contributed by atoms with E-state index in [4.69, 9.17) is 4.74 Å². The van der Waals surface area contributed by atoms with Crippen LogP contribution >= 0.6 is 0 Å². The first-order valence-electron chi connectivity index (χ1n) is 5.96. The molecule has 3 heteroatoms. The summed E-state index contributed by atoms with van der Waals surface area (Å²) in [6.45, 7) is 5.26. The molecule has 0 saturated heterocycles. The summed E-state index contributed by atoms with van der Waals surface area (Å²) >= 11 is 0. The average molecular weight is 235 g/mol. The first kappa shape index (κ1) is 13.6. The number of benzene rings is 1. The molecule has 1 atom stereocenters. The normalized spacial score (nSPS) is 12.9. The Morgan fingerprint density at radius 3 is 2.82 bits per heavy atom. The highest BCUT2D eigenvalue weighted by molar-refractivity contribution is 5.55. The number of aromatic hydroxyl groups is 1. The Kier molecular flexibility index (Phi) is 5.57. The van der Waals surface area contributed by atoms with Gasteiger partial charge in [-0.25, -0.2) is 0 Å². The van der Waals surface area contributed by atoms with Crippen LogP contribution in [0.4, 0.5) is 0 Å². The van der Waals surface area contributed by atoms with Gasteiger partial charge in [0.05, 0.1) is 7.11 Å². The van der Waals surface area contributed by atoms with Gasteiger partial charge in [0.15, 0.2) is 11.5 Å². The fourth-order valence-corrected chi connectivity index (χ4v) is 1.51. The first-order valence-corrected chi connectivity index (χ1v) is 5.96. The van der Waals surface area contributed by atoms with Gasteiger partial charge in [-0.15, -0.1) is 0 Å². The molecule has 0 amide bonds. The SMILES string of the molecule is CCCNC(C)/C=C/c1ccc(OC)c(O)c1. The highest BCUT2D eigenvalue weighted by Gasteiger charge is 2.00. The number of rotatable bonds is 6. The fourth-order valence-electron chi connectivity index (χ4n) is 1.51. The smallest absolute Gasteiger partial charge is 0.160 e. The zero-order chi connectivity index (χ0) is 12.7. The Hall–Kier alpha value is -1.48. The van der Waals surface area contributed by atoms with Crippen LogP contribution in [-0.4, -0.2) is 24.8 Å². The van der Waals surface area contributed by atoms with Crippen molar-refractivity contribution in [3.05, 3.63) is 29.8 Å². The molecule has 1 aromatic rings. The predicted octanol–water partition coefficient (Wildman–Crippen LogP) is 2.80. The molecule has 0 saturated carbocycles. The lowest BCUT2D eigenvalue weighted by Crippen LogP contribution is -2.24. The molecular formula is C14H21NO2. The molecule has 0 heterocycles. The number of methoxy groups -OCH3 is 1. The number of phenols is 1. The van der Waals surface area contributed by atoms with Gasteiger partial charge >= 0.3 is 0 Å². The lowest BCUT2D eigenvalue weighted by molar-refractivity contribution is 0.373. The van der Waals surface area contributed by atoms with Crippen molar-refractivity contribution >= 4 is 6.08 Å². The monoisotopic (exact) mass is 235 g/mol. The second kappa shape index (κ2) is 6.97. The Balaban J connectivity index is 2.62. The number of hydrogen-bond acceptors (Lipinski definition) is 3. The Bertz CT molecular complexity index is 374. The van der Waals surface area contributed by atoms with E-state index >= 15 is 0 Å². The summed E-state index contributed by atoms with van der Waals surface area (Å²) < 4.78 is 4.99. The van der Waals surface area contributed by atoms with E-state index in [2.05, 4.69) is 25.2 Å². The molecule has 0 aromatic heterocycles. The molecule has 0 radical (unpaired) electrons. The maximum absolute atomic E-state index is 9.62. The van der Waals surface area contributed by atoms with Crippen LogP contribution in [0, 0.1) is 0 Å². The summed E-state index contributed by atoms with van der Waals surface area (Å²) in [5, 5.41) is 13.0. The van der Waals surface area contributed by atoms with Crippen molar-refractivity contribution in [3.8, 4) is 11.5 Å². The van der Waals surface area contributed by atoms with E-state index in [1.807, 2.05) is 12.1 Å². The number of hydrogen-bond donors (Lipinski definition) is 2. The van der Waals surface area contributed by atoms with E-state index < -0.39 is 0 Å². The number of nitrogens with one attached hydrogen (secondary N) is 1. The molecule has 94 valence electrons. The Morgan fingerprint density at radius 1 is 1.47 bits per heavy atom. The first-order chi connectivity index (χ1) is 8.17. The Morgan fingerprint density at radius 2 is 2.24 bits per heavy atom. The molecule has 1 rings (SSSR count). The predicted molar refractivity (Wildman–Crippen MR) is 71.4 cm³/mol. The molecule has 0 aliphatic heterocycles. The van der Waals surface area contributed by atoms with Crippen LogP contribution in [0.3, 0.4) is 0 Å². The van der Waals surface area contributed by atoms with Crippen molar-refractivity contribution in [1.82, 2.24) is 5.32 Å². The topological polar surface area (TPSA) is 41.5 Å². The summed E-state index contributed by atoms with van der Waals surface area (Å²) in [5.74, 6) is 0.670. The molecule has 0 spiro atoms. The van der Waals surface area contributed by atoms with Crippen LogP contribution in [0.15, 0.2) is 24.3 Å². The van der Waals surface area contributed by atoms with E-state index in [0.29, 0.717) is 11.8 Å². The molecule has 1 aromatic carbocycles. The van der Waals surface area contributed by atoms with Crippen molar-refractivity contribution in [2.45, 2.75) is 26.3 Å². The molecule has 0 fully saturated rings. The van der Waals surface area contributed by atoms with Crippen LogP contribution in [0.25, 0.3) is 6.08 Å². The average Bonchev–Trinajstić information content (AvgIpc) is 2.34. The molecule has 17 heavy (non-hydrogen) atoms. The van der Waals surface area contributed by atoms with Gasteiger partial charge in [0, 0.05) is 6.04 Å². The molecule has 3 nitrogen and oxygen atoms in total. The lowest BCUT2D eigenvalue weighted by Gasteiger charge is -2.08. The standard InChI is InChI=1S/C14H21NO2/c1-4-9-15-11(2)5-6-12-7-8-14(17-3)13(16)10-12/h5-8,10-11,15-16H,4,9H2,1-3H3/b6-5+. The Labute approximate surface area is 103 Å². The van der Waals surface area contributed by atoms with Crippen molar-refractivity contribution < 1.29 is 9.84 Å². The summed E-state index contributed by atoms with van der Waals surface area (Å²) in [6, 6.07) is 5.71. The van der Waals surface area contributed by atoms with E-state index in [1.165, 1.54) is 0 Å². The van der Waals surface area contributed by atoms with Gasteiger partial charge in [0.1, 0.15) is 0 Å². The van der Waals surface area contributed by atoms with Crippen LogP contribution in [0.1, 0.15) is 25.8 Å². The van der Waals surface area contributed by atoms with Gasteiger partial charge in [0.2, 0.25) is 0 Å². The summed E-state index contributed by atoms with van der Waals surface area (Å²) in [7, 11) is 1.54. The van der Waals surface area contributed by atoms with Gasteiger partial charge in [-0.05, 0) is 37.6 Å². The molecule has 0 aliphatic rings. The van der Waals surface area contributed by atoms with Gasteiger partial charge < -0.3 is 15.2 Å². The summed E-state index contributed by atoms with van der Waals surface area (Å²) in [5.41, 5.74) is 0.966. The third-order valence-electron chi connectivity index (χ3n) is 2.50. The minimum absolute atomic E-state index is 0.170. The van der Waals surface area contributed by atoms with Crippen molar-refractivity contribution in [2.24, 2.45) is 0 Å². The largest absolute Gasteiger partial charge is 0.504 e. The van der Waals surface area contributed by atoms with Crippen LogP contribution in [-0.2, 0) is 0 Å². The van der Waals surface area contributed by atoms with E-state index in [-0.39, 0.29) is 5.75 Å². The summed E-state index contributed by atoms with van der Waals surface area (Å²) in [6.07, 6.45) is 5.20. The maximum Gasteiger partial charge on any atom is 0.160 e. The molecule has 1 unspecified atom stereocenters. The highest BCUT2D eigenvalue weighted by atomic mass is 16.5. The third kappa shape index (κ3) is 4.49. The van der Waals surface area contributed by atoms with Crippen molar-refractivity contribution in [3.63, 3.8) is 0 Å². The zero-order valence-electron chi connectivity index (χ0n) is 10.7. The lowest BCUT2D eigenvalue weighted by atomic mass is 10.1. The second-order valence-electron chi connectivity index (χ2n) is 4.03. The van der Waals surface area contributed by atoms with Gasteiger partial charge in [-0.2, -0.15) is 0 Å². The van der Waals surface area contributed by atoms with Crippen LogP contribution in [0.5, 0.6) is 11.5 Å². The minimum atomic E-state index is 0.170. The van der Waals surface area contributed by atoms with E-state index in [1.54, 1.807) is 19.2 Å². The van der Waals surface area contributed by atoms with Gasteiger partial charge in [-0.3, -0.25) is 0 Å². The van der Waals surface area contributed by atoms with Gasteiger partial charge in [-0.1, -0.05) is 25.1 Å². The highest BCUT2D eigenvalue weighted by Crippen LogP contribution is 2.26. The molecule has 0 bridgehead atoms. The zero-order valence-corrected chi connectivity index (χ0v) is 10.7. The summed E-state index contributed by atoms with van der Waals surface area (Å²) in [4.78, 5) is 0. The number of ether oxygens (including phenoxy) is 1. The van der Waals surface area contributed by atoms with Crippen LogP contribution < -0.4 is 10.1 Å². The second-order valence-corrected chi connectivity index (χ2v) is 4.03. The molecule has 2 N–H and O–H groups in total. The van der Waals surface area contributed by atoms with Crippen LogP contribution in [0.2, 0.25) is 0 Å². The maximum atomic E-state index is 9.62. The fraction of sp³-hybridized carbons (Fsp3) is 0.429. The van der Waals surface area contributed by atoms with Gasteiger partial charge in [0.25, 0.3) is 0 Å². The van der Waals surface area contributed by atoms with E-state index in [9.17, 15) is 5.11 Å². The quantitative estimate of drug-likeness (QED) is 0.796. The minimum Gasteiger partial charge on any atom is -0.504 e. The van der Waals surface area contributed by atoms with Crippen molar-refractivity contribution in [2.75, 3.05) is 13.7 Å². The number of phenolic OH excluding ortho intramolecular Hbond substituents is 1. The van der Waals surface area contributed by atoms with Crippen molar-refractivity contribution in [1.29, 1.82) is 0 Å². The molecular weight excluding hydrogens is 214 g/mol. The molecule has 0 aliphatic carbocycles. The third-order valence-corrected chi connectivity index (χ3v) is 2.50.